The lowest BCUT2D eigenvalue weighted by molar-refractivity contribution is -0.149. The largest absolute Gasteiger partial charge is 0.479 e. The molecule has 0 radical (unpaired) electrons. The molecule has 1 atom stereocenters. The molecule has 5 nitrogen and oxygen atoms in total. The van der Waals surface area contributed by atoms with E-state index in [9.17, 15) is 14.0 Å². The number of halogens is 1. The van der Waals surface area contributed by atoms with Gasteiger partial charge >= 0.3 is 5.97 Å². The lowest BCUT2D eigenvalue weighted by Gasteiger charge is -2.09. The predicted octanol–water partition coefficient (Wildman–Crippen LogP) is 0.914. The van der Waals surface area contributed by atoms with Crippen molar-refractivity contribution in [2.45, 2.75) is 19.6 Å². The van der Waals surface area contributed by atoms with E-state index in [4.69, 9.17) is 15.6 Å². The van der Waals surface area contributed by atoms with E-state index in [2.05, 4.69) is 0 Å². The predicted molar refractivity (Wildman–Crippen MR) is 56.8 cm³/mol. The number of carboxylic acids is 1. The quantitative estimate of drug-likeness (QED) is 0.801. The average molecular weight is 241 g/mol. The molecule has 0 aliphatic carbocycles. The van der Waals surface area contributed by atoms with Crippen LogP contribution in [-0.2, 0) is 16.1 Å². The molecule has 1 rings (SSSR count). The summed E-state index contributed by atoms with van der Waals surface area (Å²) >= 11 is 0. The lowest BCUT2D eigenvalue weighted by Crippen LogP contribution is -2.20. The van der Waals surface area contributed by atoms with Gasteiger partial charge in [0.15, 0.2) is 6.10 Å². The van der Waals surface area contributed by atoms with E-state index in [1.165, 1.54) is 19.1 Å². The second-order valence-electron chi connectivity index (χ2n) is 3.46. The average Bonchev–Trinajstić information content (AvgIpc) is 2.26. The van der Waals surface area contributed by atoms with Gasteiger partial charge in [0.25, 0.3) is 0 Å². The first-order valence-corrected chi connectivity index (χ1v) is 4.84. The molecule has 92 valence electrons. The van der Waals surface area contributed by atoms with Crippen LogP contribution in [0.2, 0.25) is 0 Å². The van der Waals surface area contributed by atoms with Crippen LogP contribution in [0.1, 0.15) is 22.8 Å². The number of carbonyl (C=O) groups is 2. The van der Waals surface area contributed by atoms with E-state index in [0.717, 1.165) is 6.07 Å². The zero-order chi connectivity index (χ0) is 13.0. The summed E-state index contributed by atoms with van der Waals surface area (Å²) in [7, 11) is 0. The Balaban J connectivity index is 2.73. The van der Waals surface area contributed by atoms with Gasteiger partial charge in [-0.15, -0.1) is 0 Å². The highest BCUT2D eigenvalue weighted by Gasteiger charge is 2.13. The number of primary amides is 1. The van der Waals surface area contributed by atoms with Gasteiger partial charge in [0, 0.05) is 11.1 Å². The monoisotopic (exact) mass is 241 g/mol. The molecule has 3 N–H and O–H groups in total. The molecule has 1 amide bonds. The van der Waals surface area contributed by atoms with E-state index >= 15 is 0 Å². The van der Waals surface area contributed by atoms with Crippen molar-refractivity contribution < 1.29 is 23.8 Å². The van der Waals surface area contributed by atoms with Crippen LogP contribution in [0.25, 0.3) is 0 Å². The maximum atomic E-state index is 13.4. The number of rotatable bonds is 5. The van der Waals surface area contributed by atoms with Crippen LogP contribution in [0.4, 0.5) is 4.39 Å². The third kappa shape index (κ3) is 3.53. The number of hydrogen-bond acceptors (Lipinski definition) is 3. The van der Waals surface area contributed by atoms with Crippen LogP contribution in [0, 0.1) is 5.82 Å². The molecule has 0 saturated heterocycles. The first kappa shape index (κ1) is 13.1. The van der Waals surface area contributed by atoms with Gasteiger partial charge in [-0.25, -0.2) is 9.18 Å². The Kier molecular flexibility index (Phi) is 4.17. The number of carboxylic acid groups (broad SMARTS) is 1. The topological polar surface area (TPSA) is 89.6 Å². The number of aliphatic carboxylic acids is 1. The van der Waals surface area contributed by atoms with Crippen molar-refractivity contribution in [3.63, 3.8) is 0 Å². The van der Waals surface area contributed by atoms with Crippen molar-refractivity contribution in [1.82, 2.24) is 0 Å². The van der Waals surface area contributed by atoms with Crippen LogP contribution in [0.3, 0.4) is 0 Å². The number of ether oxygens (including phenoxy) is 1. The molecule has 0 bridgehead atoms. The molecule has 1 aromatic rings. The Labute approximate surface area is 97.0 Å². The van der Waals surface area contributed by atoms with E-state index < -0.39 is 23.8 Å². The minimum atomic E-state index is -1.13. The highest BCUT2D eigenvalue weighted by molar-refractivity contribution is 5.92. The number of carbonyl (C=O) groups excluding carboxylic acids is 1. The fourth-order valence-electron chi connectivity index (χ4n) is 1.10. The van der Waals surface area contributed by atoms with Crippen LogP contribution < -0.4 is 5.73 Å². The van der Waals surface area contributed by atoms with Crippen LogP contribution in [0.15, 0.2) is 18.2 Å². The first-order chi connectivity index (χ1) is 7.91. The highest BCUT2D eigenvalue weighted by Crippen LogP contribution is 2.12. The van der Waals surface area contributed by atoms with Gasteiger partial charge in [0.05, 0.1) is 6.61 Å². The third-order valence-electron chi connectivity index (χ3n) is 2.17. The maximum Gasteiger partial charge on any atom is 0.332 e. The zero-order valence-corrected chi connectivity index (χ0v) is 9.14. The summed E-state index contributed by atoms with van der Waals surface area (Å²) < 4.78 is 18.3. The summed E-state index contributed by atoms with van der Waals surface area (Å²) in [6, 6.07) is 3.69. The molecule has 17 heavy (non-hydrogen) atoms. The fraction of sp³-hybridized carbons (Fsp3) is 0.273. The number of benzene rings is 1. The second kappa shape index (κ2) is 5.40. The molecule has 0 spiro atoms. The first-order valence-electron chi connectivity index (χ1n) is 4.84. The molecule has 0 saturated carbocycles. The van der Waals surface area contributed by atoms with Gasteiger partial charge in [-0.3, -0.25) is 4.79 Å². The Morgan fingerprint density at radius 3 is 2.65 bits per heavy atom. The minimum Gasteiger partial charge on any atom is -0.479 e. The molecule has 0 fully saturated rings. The summed E-state index contributed by atoms with van der Waals surface area (Å²) in [5, 5.41) is 8.57. The van der Waals surface area contributed by atoms with Crippen molar-refractivity contribution in [2.75, 3.05) is 0 Å². The molecular weight excluding hydrogens is 229 g/mol. The van der Waals surface area contributed by atoms with Crippen molar-refractivity contribution in [3.8, 4) is 0 Å². The third-order valence-corrected chi connectivity index (χ3v) is 2.17. The van der Waals surface area contributed by atoms with Gasteiger partial charge in [-0.05, 0) is 19.1 Å². The fourth-order valence-corrected chi connectivity index (χ4v) is 1.10. The molecule has 1 aromatic carbocycles. The van der Waals surface area contributed by atoms with Crippen LogP contribution >= 0.6 is 0 Å². The SMILES string of the molecule is CC(OCc1ccc(C(N)=O)cc1F)C(=O)O. The normalized spacial score (nSPS) is 12.1. The van der Waals surface area contributed by atoms with Crippen LogP contribution in [0.5, 0.6) is 0 Å². The standard InChI is InChI=1S/C11H12FNO4/c1-6(11(15)16)17-5-8-3-2-7(10(13)14)4-9(8)12/h2-4,6H,5H2,1H3,(H2,13,14)(H,15,16). The lowest BCUT2D eigenvalue weighted by atomic mass is 10.1. The smallest absolute Gasteiger partial charge is 0.332 e. The van der Waals surface area contributed by atoms with Gasteiger partial charge in [0.2, 0.25) is 5.91 Å². The number of nitrogens with two attached hydrogens (primary N) is 1. The second-order valence-corrected chi connectivity index (χ2v) is 3.46. The van der Waals surface area contributed by atoms with Crippen molar-refractivity contribution in [3.05, 3.63) is 35.1 Å². The Bertz CT molecular complexity index is 447. The van der Waals surface area contributed by atoms with Gasteiger partial charge < -0.3 is 15.6 Å². The summed E-state index contributed by atoms with van der Waals surface area (Å²) in [5.41, 5.74) is 5.20. The van der Waals surface area contributed by atoms with E-state index in [1.54, 1.807) is 0 Å². The molecular formula is C11H12FNO4. The maximum absolute atomic E-state index is 13.4. The van der Waals surface area contributed by atoms with Gasteiger partial charge in [0.1, 0.15) is 5.82 Å². The summed E-state index contributed by atoms with van der Waals surface area (Å²) in [6.07, 6.45) is -1.02. The van der Waals surface area contributed by atoms with E-state index in [-0.39, 0.29) is 17.7 Å². The van der Waals surface area contributed by atoms with Crippen molar-refractivity contribution in [2.24, 2.45) is 5.73 Å². The van der Waals surface area contributed by atoms with Gasteiger partial charge in [-0.2, -0.15) is 0 Å². The molecule has 0 aromatic heterocycles. The van der Waals surface area contributed by atoms with E-state index in [0.29, 0.717) is 0 Å². The Morgan fingerprint density at radius 2 is 2.18 bits per heavy atom. The van der Waals surface area contributed by atoms with Crippen molar-refractivity contribution in [1.29, 1.82) is 0 Å². The molecule has 0 aliphatic heterocycles. The summed E-state index contributed by atoms with van der Waals surface area (Å²) in [6.45, 7) is 1.16. The van der Waals surface area contributed by atoms with Gasteiger partial charge in [-0.1, -0.05) is 6.07 Å². The minimum absolute atomic E-state index is 0.0533. The number of amides is 1. The van der Waals surface area contributed by atoms with Crippen molar-refractivity contribution >= 4 is 11.9 Å². The molecule has 6 heteroatoms. The number of hydrogen-bond donors (Lipinski definition) is 2. The molecule has 1 unspecified atom stereocenters. The summed E-state index contributed by atoms with van der Waals surface area (Å²) in [5.74, 6) is -2.51. The van der Waals surface area contributed by atoms with Crippen LogP contribution in [-0.4, -0.2) is 23.1 Å². The summed E-state index contributed by atoms with van der Waals surface area (Å²) in [4.78, 5) is 21.2. The highest BCUT2D eigenvalue weighted by atomic mass is 19.1. The zero-order valence-electron chi connectivity index (χ0n) is 9.14. The Hall–Kier alpha value is -1.95. The Morgan fingerprint density at radius 1 is 1.53 bits per heavy atom. The molecule has 0 aliphatic rings. The molecule has 0 heterocycles. The van der Waals surface area contributed by atoms with E-state index in [1.807, 2.05) is 0 Å².